The first-order valence-electron chi connectivity index (χ1n) is 8.09. The van der Waals surface area contributed by atoms with Crippen LogP contribution in [0.3, 0.4) is 0 Å². The Labute approximate surface area is 155 Å². The molecule has 0 fully saturated rings. The summed E-state index contributed by atoms with van der Waals surface area (Å²) >= 11 is 1.03. The van der Waals surface area contributed by atoms with Gasteiger partial charge in [0.1, 0.15) is 0 Å². The zero-order chi connectivity index (χ0) is 18.9. The number of thiazole rings is 1. The predicted octanol–water partition coefficient (Wildman–Crippen LogP) is 3.48. The highest BCUT2D eigenvalue weighted by molar-refractivity contribution is 7.92. The van der Waals surface area contributed by atoms with Crippen LogP contribution in [0, 0.1) is 0 Å². The van der Waals surface area contributed by atoms with E-state index in [0.29, 0.717) is 22.5 Å². The number of nitrogens with zero attached hydrogens (tertiary/aromatic N) is 1. The molecule has 1 aromatic heterocycles. The highest BCUT2D eigenvalue weighted by Crippen LogP contribution is 2.24. The van der Waals surface area contributed by atoms with Gasteiger partial charge in [0.25, 0.3) is 10.0 Å². The highest BCUT2D eigenvalue weighted by atomic mass is 32.2. The van der Waals surface area contributed by atoms with Gasteiger partial charge in [-0.25, -0.2) is 8.42 Å². The number of hydrogen-bond donors (Lipinski definition) is 1. The third kappa shape index (κ3) is 3.56. The van der Waals surface area contributed by atoms with Crippen LogP contribution in [0.15, 0.2) is 52.2 Å². The van der Waals surface area contributed by atoms with Crippen molar-refractivity contribution in [1.82, 2.24) is 4.57 Å². The van der Waals surface area contributed by atoms with Crippen LogP contribution in [0.1, 0.15) is 30.6 Å². The fourth-order valence-electron chi connectivity index (χ4n) is 2.66. The quantitative estimate of drug-likeness (QED) is 0.653. The van der Waals surface area contributed by atoms with E-state index in [2.05, 4.69) is 4.72 Å². The standard InChI is InChI=1S/C18H18N2O4S2/c1-3-9-20-16-8-7-15(11-17(16)25-18(20)22)26(23,24)19-14-6-4-5-13(10-14)12(2)21/h4-8,10-11,19H,3,9H2,1-2H3. The number of aryl methyl sites for hydroxylation is 1. The van der Waals surface area contributed by atoms with Crippen molar-refractivity contribution in [3.8, 4) is 0 Å². The molecule has 8 heteroatoms. The first-order valence-corrected chi connectivity index (χ1v) is 10.4. The summed E-state index contributed by atoms with van der Waals surface area (Å²) in [6, 6.07) is 11.0. The van der Waals surface area contributed by atoms with Gasteiger partial charge in [-0.1, -0.05) is 30.4 Å². The Bertz CT molecular complexity index is 1140. The number of anilines is 1. The summed E-state index contributed by atoms with van der Waals surface area (Å²) in [5.74, 6) is -0.144. The van der Waals surface area contributed by atoms with E-state index in [1.807, 2.05) is 6.92 Å². The molecule has 0 aliphatic rings. The van der Waals surface area contributed by atoms with Gasteiger partial charge in [-0.15, -0.1) is 0 Å². The van der Waals surface area contributed by atoms with Gasteiger partial charge >= 0.3 is 4.87 Å². The smallest absolute Gasteiger partial charge is 0.299 e. The van der Waals surface area contributed by atoms with Crippen molar-refractivity contribution >= 4 is 43.0 Å². The van der Waals surface area contributed by atoms with Crippen LogP contribution in [0.25, 0.3) is 10.2 Å². The number of rotatable bonds is 6. The SMILES string of the molecule is CCCn1c(=O)sc2cc(S(=O)(=O)Nc3cccc(C(C)=O)c3)ccc21. The Morgan fingerprint density at radius 3 is 2.65 bits per heavy atom. The Hall–Kier alpha value is -2.45. The molecule has 0 amide bonds. The van der Waals surface area contributed by atoms with E-state index in [0.717, 1.165) is 23.3 Å². The van der Waals surface area contributed by atoms with E-state index in [1.54, 1.807) is 28.8 Å². The first kappa shape index (κ1) is 18.3. The van der Waals surface area contributed by atoms with Gasteiger partial charge in [0.05, 0.1) is 15.1 Å². The van der Waals surface area contributed by atoms with Gasteiger partial charge in [0.15, 0.2) is 5.78 Å². The third-order valence-corrected chi connectivity index (χ3v) is 6.24. The third-order valence-electron chi connectivity index (χ3n) is 3.92. The maximum Gasteiger partial charge on any atom is 0.308 e. The molecule has 0 aliphatic carbocycles. The molecule has 0 spiro atoms. The van der Waals surface area contributed by atoms with Gasteiger partial charge < -0.3 is 0 Å². The van der Waals surface area contributed by atoms with E-state index >= 15 is 0 Å². The Morgan fingerprint density at radius 2 is 1.96 bits per heavy atom. The van der Waals surface area contributed by atoms with Crippen LogP contribution >= 0.6 is 11.3 Å². The van der Waals surface area contributed by atoms with Crippen molar-refractivity contribution in [3.05, 3.63) is 57.7 Å². The first-order chi connectivity index (χ1) is 12.3. The molecule has 0 saturated carbocycles. The number of nitrogens with one attached hydrogen (secondary N) is 1. The summed E-state index contributed by atoms with van der Waals surface area (Å²) < 4.78 is 30.1. The van der Waals surface area contributed by atoms with Gasteiger partial charge in [-0.05, 0) is 43.7 Å². The summed E-state index contributed by atoms with van der Waals surface area (Å²) in [6.45, 7) is 4.00. The Balaban J connectivity index is 1.98. The van der Waals surface area contributed by atoms with Crippen molar-refractivity contribution in [2.45, 2.75) is 31.7 Å². The molecule has 3 aromatic rings. The number of fused-ring (bicyclic) bond motifs is 1. The van der Waals surface area contributed by atoms with E-state index < -0.39 is 10.0 Å². The minimum atomic E-state index is -3.83. The van der Waals surface area contributed by atoms with Gasteiger partial charge in [-0.3, -0.25) is 18.9 Å². The summed E-state index contributed by atoms with van der Waals surface area (Å²) in [6.07, 6.45) is 0.819. The van der Waals surface area contributed by atoms with Crippen LogP contribution in [-0.4, -0.2) is 18.8 Å². The molecule has 3 rings (SSSR count). The molecular formula is C18H18N2O4S2. The van der Waals surface area contributed by atoms with Crippen molar-refractivity contribution in [3.63, 3.8) is 0 Å². The van der Waals surface area contributed by atoms with E-state index in [4.69, 9.17) is 0 Å². The van der Waals surface area contributed by atoms with E-state index in [1.165, 1.54) is 25.1 Å². The molecule has 1 heterocycles. The van der Waals surface area contributed by atoms with Crippen LogP contribution in [0.4, 0.5) is 5.69 Å². The number of carbonyl (C=O) groups is 1. The normalized spacial score (nSPS) is 11.6. The second-order valence-corrected chi connectivity index (χ2v) is 8.57. The largest absolute Gasteiger partial charge is 0.308 e. The highest BCUT2D eigenvalue weighted by Gasteiger charge is 2.17. The fraction of sp³-hybridized carbons (Fsp3) is 0.222. The van der Waals surface area contributed by atoms with Crippen LogP contribution in [0.5, 0.6) is 0 Å². The number of carbonyl (C=O) groups excluding carboxylic acids is 1. The predicted molar refractivity (Wildman–Crippen MR) is 104 cm³/mol. The molecule has 1 N–H and O–H groups in total. The lowest BCUT2D eigenvalue weighted by Crippen LogP contribution is -2.13. The second kappa shape index (κ2) is 7.05. The second-order valence-electron chi connectivity index (χ2n) is 5.89. The Morgan fingerprint density at radius 1 is 1.19 bits per heavy atom. The van der Waals surface area contributed by atoms with Crippen LogP contribution in [-0.2, 0) is 16.6 Å². The lowest BCUT2D eigenvalue weighted by atomic mass is 10.1. The average molecular weight is 390 g/mol. The van der Waals surface area contributed by atoms with Crippen molar-refractivity contribution in [2.75, 3.05) is 4.72 Å². The van der Waals surface area contributed by atoms with Gasteiger partial charge in [-0.2, -0.15) is 0 Å². The monoisotopic (exact) mass is 390 g/mol. The van der Waals surface area contributed by atoms with Crippen molar-refractivity contribution in [1.29, 1.82) is 0 Å². The molecule has 0 aliphatic heterocycles. The van der Waals surface area contributed by atoms with Crippen molar-refractivity contribution in [2.24, 2.45) is 0 Å². The molecule has 136 valence electrons. The minimum Gasteiger partial charge on any atom is -0.299 e. The summed E-state index contributed by atoms with van der Waals surface area (Å²) in [5.41, 5.74) is 1.48. The molecule has 0 radical (unpaired) electrons. The topological polar surface area (TPSA) is 85.2 Å². The van der Waals surface area contributed by atoms with Crippen LogP contribution < -0.4 is 9.60 Å². The summed E-state index contributed by atoms with van der Waals surface area (Å²) in [4.78, 5) is 23.5. The molecule has 0 bridgehead atoms. The van der Waals surface area contributed by atoms with Gasteiger partial charge in [0, 0.05) is 17.8 Å². The number of aromatic nitrogens is 1. The maximum absolute atomic E-state index is 12.7. The van der Waals surface area contributed by atoms with E-state index in [-0.39, 0.29) is 15.6 Å². The molecule has 6 nitrogen and oxygen atoms in total. The molecule has 26 heavy (non-hydrogen) atoms. The minimum absolute atomic E-state index is 0.0723. The molecule has 0 unspecified atom stereocenters. The van der Waals surface area contributed by atoms with E-state index in [9.17, 15) is 18.0 Å². The summed E-state index contributed by atoms with van der Waals surface area (Å²) in [7, 11) is -3.83. The lowest BCUT2D eigenvalue weighted by Gasteiger charge is -2.09. The average Bonchev–Trinajstić information content (AvgIpc) is 2.90. The summed E-state index contributed by atoms with van der Waals surface area (Å²) in [5, 5.41) is 0. The number of Topliss-reactive ketones (excluding diaryl/α,β-unsaturated/α-hetero) is 1. The van der Waals surface area contributed by atoms with Gasteiger partial charge in [0.2, 0.25) is 0 Å². The molecular weight excluding hydrogens is 372 g/mol. The number of ketones is 1. The zero-order valence-corrected chi connectivity index (χ0v) is 16.0. The molecule has 0 saturated heterocycles. The Kier molecular flexibility index (Phi) is 4.97. The number of benzene rings is 2. The fourth-order valence-corrected chi connectivity index (χ4v) is 4.77. The van der Waals surface area contributed by atoms with Crippen molar-refractivity contribution < 1.29 is 13.2 Å². The zero-order valence-electron chi connectivity index (χ0n) is 14.4. The number of hydrogen-bond acceptors (Lipinski definition) is 5. The number of sulfonamides is 1. The van der Waals surface area contributed by atoms with Crippen LogP contribution in [0.2, 0.25) is 0 Å². The maximum atomic E-state index is 12.7. The molecule has 0 atom stereocenters. The lowest BCUT2D eigenvalue weighted by molar-refractivity contribution is 0.101. The molecule has 2 aromatic carbocycles.